The normalized spacial score (nSPS) is 23.2. The highest BCUT2D eigenvalue weighted by Gasteiger charge is 2.46. The number of nitrogens with two attached hydrogens (primary N) is 1. The van der Waals surface area contributed by atoms with Crippen LogP contribution >= 0.6 is 0 Å². The van der Waals surface area contributed by atoms with Crippen LogP contribution in [0.1, 0.15) is 20.3 Å². The molecule has 1 unspecified atom stereocenters. The predicted octanol–water partition coefficient (Wildman–Crippen LogP) is 1.92. The lowest BCUT2D eigenvalue weighted by Gasteiger charge is -2.35. The molecule has 2 rings (SSSR count). The number of benzene rings is 1. The van der Waals surface area contributed by atoms with Gasteiger partial charge in [-0.15, -0.1) is 0 Å². The molecule has 1 aromatic carbocycles. The van der Waals surface area contributed by atoms with Gasteiger partial charge in [-0.1, -0.05) is 6.07 Å². The number of nitrogens with zero attached hydrogens (tertiary/aromatic N) is 1. The minimum absolute atomic E-state index is 0.0102. The van der Waals surface area contributed by atoms with Crippen LogP contribution in [0.4, 0.5) is 10.1 Å². The Hall–Kier alpha value is -1.42. The van der Waals surface area contributed by atoms with Crippen LogP contribution in [0.3, 0.4) is 0 Å². The van der Waals surface area contributed by atoms with Gasteiger partial charge in [0.15, 0.2) is 0 Å². The maximum atomic E-state index is 13.2. The van der Waals surface area contributed by atoms with Crippen LogP contribution in [0.5, 0.6) is 0 Å². The molecule has 1 atom stereocenters. The lowest BCUT2D eigenvalue weighted by Crippen LogP contribution is -2.46. The highest BCUT2D eigenvalue weighted by molar-refractivity contribution is 5.97. The third-order valence-corrected chi connectivity index (χ3v) is 3.60. The molecule has 0 bridgehead atoms. The zero-order chi connectivity index (χ0) is 12.6. The number of amides is 1. The van der Waals surface area contributed by atoms with Gasteiger partial charge in [-0.25, -0.2) is 4.39 Å². The Morgan fingerprint density at radius 2 is 2.24 bits per heavy atom. The first-order valence-electron chi connectivity index (χ1n) is 5.75. The summed E-state index contributed by atoms with van der Waals surface area (Å²) in [7, 11) is 0. The molecule has 4 heteroatoms. The summed E-state index contributed by atoms with van der Waals surface area (Å²) in [5.74, 6) is -0.211. The van der Waals surface area contributed by atoms with Crippen molar-refractivity contribution in [3.63, 3.8) is 0 Å². The Morgan fingerprint density at radius 1 is 1.53 bits per heavy atom. The summed E-state index contributed by atoms with van der Waals surface area (Å²) in [4.78, 5) is 13.7. The molecule has 2 N–H and O–H groups in total. The van der Waals surface area contributed by atoms with E-state index in [1.165, 1.54) is 12.1 Å². The lowest BCUT2D eigenvalue weighted by atomic mass is 9.88. The summed E-state index contributed by atoms with van der Waals surface area (Å²) in [5, 5.41) is 0. The Bertz CT molecular complexity index is 445. The first kappa shape index (κ1) is 12.0. The van der Waals surface area contributed by atoms with Crippen molar-refractivity contribution >= 4 is 11.6 Å². The Labute approximate surface area is 100 Å². The smallest absolute Gasteiger partial charge is 0.227 e. The number of anilines is 1. The van der Waals surface area contributed by atoms with Crippen molar-refractivity contribution in [1.82, 2.24) is 0 Å². The van der Waals surface area contributed by atoms with Gasteiger partial charge in [0, 0.05) is 23.6 Å². The van der Waals surface area contributed by atoms with Crippen molar-refractivity contribution in [3.05, 3.63) is 30.1 Å². The maximum Gasteiger partial charge on any atom is 0.227 e. The molecule has 0 aromatic heterocycles. The molecule has 1 fully saturated rings. The number of hydrogen-bond acceptors (Lipinski definition) is 2. The lowest BCUT2D eigenvalue weighted by molar-refractivity contribution is -0.117. The van der Waals surface area contributed by atoms with Gasteiger partial charge in [-0.05, 0) is 38.6 Å². The fourth-order valence-electron chi connectivity index (χ4n) is 2.52. The third-order valence-electron chi connectivity index (χ3n) is 3.60. The molecule has 0 saturated carbocycles. The number of halogens is 1. The SMILES string of the molecule is CC1(C)C(CN)CC(=O)N1c1cccc(F)c1. The van der Waals surface area contributed by atoms with E-state index in [0.29, 0.717) is 18.7 Å². The van der Waals surface area contributed by atoms with Gasteiger partial charge in [-0.3, -0.25) is 4.79 Å². The van der Waals surface area contributed by atoms with E-state index in [-0.39, 0.29) is 23.2 Å². The van der Waals surface area contributed by atoms with E-state index in [2.05, 4.69) is 0 Å². The second-order valence-corrected chi connectivity index (χ2v) is 5.00. The summed E-state index contributed by atoms with van der Waals surface area (Å²) >= 11 is 0. The van der Waals surface area contributed by atoms with Crippen molar-refractivity contribution < 1.29 is 9.18 Å². The van der Waals surface area contributed by atoms with Crippen molar-refractivity contribution in [2.24, 2.45) is 11.7 Å². The molecule has 0 radical (unpaired) electrons. The molecule has 1 aliphatic rings. The molecule has 1 aromatic rings. The first-order valence-corrected chi connectivity index (χ1v) is 5.75. The number of rotatable bonds is 2. The van der Waals surface area contributed by atoms with Crippen LogP contribution in [0, 0.1) is 11.7 Å². The Morgan fingerprint density at radius 3 is 2.76 bits per heavy atom. The third kappa shape index (κ3) is 1.93. The fraction of sp³-hybridized carbons (Fsp3) is 0.462. The largest absolute Gasteiger partial charge is 0.330 e. The van der Waals surface area contributed by atoms with Gasteiger partial charge in [0.2, 0.25) is 5.91 Å². The van der Waals surface area contributed by atoms with E-state index >= 15 is 0 Å². The van der Waals surface area contributed by atoms with Crippen LogP contribution in [0.25, 0.3) is 0 Å². The molecule has 1 amide bonds. The average Bonchev–Trinajstić information content (AvgIpc) is 2.48. The average molecular weight is 236 g/mol. The summed E-state index contributed by atoms with van der Waals surface area (Å²) in [6, 6.07) is 6.13. The van der Waals surface area contributed by atoms with Gasteiger partial charge in [0.25, 0.3) is 0 Å². The Balaban J connectivity index is 2.41. The van der Waals surface area contributed by atoms with Gasteiger partial charge < -0.3 is 10.6 Å². The van der Waals surface area contributed by atoms with Crippen molar-refractivity contribution in [3.8, 4) is 0 Å². The van der Waals surface area contributed by atoms with Crippen LogP contribution in [0.15, 0.2) is 24.3 Å². The molecular formula is C13H17FN2O. The number of hydrogen-bond donors (Lipinski definition) is 1. The molecule has 1 heterocycles. The van der Waals surface area contributed by atoms with E-state index in [9.17, 15) is 9.18 Å². The van der Waals surface area contributed by atoms with Gasteiger partial charge in [-0.2, -0.15) is 0 Å². The number of carbonyl (C=O) groups excluding carboxylic acids is 1. The standard InChI is InChI=1S/C13H17FN2O/c1-13(2)9(8-15)6-12(17)16(13)11-5-3-4-10(14)7-11/h3-5,7,9H,6,8,15H2,1-2H3. The monoisotopic (exact) mass is 236 g/mol. The molecule has 1 saturated heterocycles. The molecular weight excluding hydrogens is 219 g/mol. The van der Waals surface area contributed by atoms with Crippen LogP contribution < -0.4 is 10.6 Å². The van der Waals surface area contributed by atoms with E-state index < -0.39 is 0 Å². The summed E-state index contributed by atoms with van der Waals surface area (Å²) < 4.78 is 13.2. The zero-order valence-electron chi connectivity index (χ0n) is 10.1. The highest BCUT2D eigenvalue weighted by atomic mass is 19.1. The number of carbonyl (C=O) groups is 1. The topological polar surface area (TPSA) is 46.3 Å². The molecule has 0 aliphatic carbocycles. The van der Waals surface area contributed by atoms with Crippen molar-refractivity contribution in [2.45, 2.75) is 25.8 Å². The minimum atomic E-state index is -0.361. The van der Waals surface area contributed by atoms with Gasteiger partial charge in [0.05, 0.1) is 0 Å². The van der Waals surface area contributed by atoms with E-state index in [1.807, 2.05) is 13.8 Å². The predicted molar refractivity (Wildman–Crippen MR) is 65.1 cm³/mol. The van der Waals surface area contributed by atoms with Crippen molar-refractivity contribution in [1.29, 1.82) is 0 Å². The van der Waals surface area contributed by atoms with Crippen LogP contribution in [0.2, 0.25) is 0 Å². The highest BCUT2D eigenvalue weighted by Crippen LogP contribution is 2.38. The summed E-state index contributed by atoms with van der Waals surface area (Å²) in [6.07, 6.45) is 0.431. The molecule has 92 valence electrons. The van der Waals surface area contributed by atoms with Crippen molar-refractivity contribution in [2.75, 3.05) is 11.4 Å². The second-order valence-electron chi connectivity index (χ2n) is 5.00. The van der Waals surface area contributed by atoms with E-state index in [1.54, 1.807) is 17.0 Å². The Kier molecular flexibility index (Phi) is 2.91. The minimum Gasteiger partial charge on any atom is -0.330 e. The van der Waals surface area contributed by atoms with E-state index in [0.717, 1.165) is 0 Å². The molecule has 3 nitrogen and oxygen atoms in total. The second kappa shape index (κ2) is 4.11. The molecule has 1 aliphatic heterocycles. The molecule has 0 spiro atoms. The summed E-state index contributed by atoms with van der Waals surface area (Å²) in [5.41, 5.74) is 5.93. The zero-order valence-corrected chi connectivity index (χ0v) is 10.1. The van der Waals surface area contributed by atoms with Crippen LogP contribution in [-0.2, 0) is 4.79 Å². The van der Waals surface area contributed by atoms with Gasteiger partial charge in [0.1, 0.15) is 5.82 Å². The van der Waals surface area contributed by atoms with Gasteiger partial charge >= 0.3 is 0 Å². The molecule has 17 heavy (non-hydrogen) atoms. The van der Waals surface area contributed by atoms with Crippen LogP contribution in [-0.4, -0.2) is 18.0 Å². The maximum absolute atomic E-state index is 13.2. The first-order chi connectivity index (χ1) is 7.96. The van der Waals surface area contributed by atoms with E-state index in [4.69, 9.17) is 5.73 Å². The fourth-order valence-corrected chi connectivity index (χ4v) is 2.52. The summed E-state index contributed by atoms with van der Waals surface area (Å²) in [6.45, 7) is 4.41. The quantitative estimate of drug-likeness (QED) is 0.852.